The van der Waals surface area contributed by atoms with Gasteiger partial charge in [0.1, 0.15) is 0 Å². The molecular weight excluding hydrogens is 323 g/mol. The van der Waals surface area contributed by atoms with E-state index in [1.165, 1.54) is 22.6 Å². The van der Waals surface area contributed by atoms with Crippen LogP contribution in [0.3, 0.4) is 0 Å². The maximum Gasteiger partial charge on any atom is 0.0992 e. The zero-order valence-corrected chi connectivity index (χ0v) is 14.2. The average Bonchev–Trinajstić information content (AvgIpc) is 3.04. The molecule has 2 nitrogen and oxygen atoms in total. The molecule has 2 heterocycles. The van der Waals surface area contributed by atoms with E-state index in [4.69, 9.17) is 23.2 Å². The summed E-state index contributed by atoms with van der Waals surface area (Å²) in [5.74, 6) is 0.371. The molecule has 0 amide bonds. The molecule has 112 valence electrons. The van der Waals surface area contributed by atoms with Crippen LogP contribution in [0.1, 0.15) is 48.5 Å². The van der Waals surface area contributed by atoms with Crippen LogP contribution in [0.2, 0.25) is 8.67 Å². The van der Waals surface area contributed by atoms with Crippen molar-refractivity contribution in [2.45, 2.75) is 38.1 Å². The molecule has 0 bridgehead atoms. The minimum absolute atomic E-state index is 0.192. The van der Waals surface area contributed by atoms with E-state index in [9.17, 15) is 0 Å². The van der Waals surface area contributed by atoms with Crippen molar-refractivity contribution in [3.05, 3.63) is 49.9 Å². The van der Waals surface area contributed by atoms with Gasteiger partial charge in [-0.3, -0.25) is 4.98 Å². The number of halogens is 2. The largest absolute Gasteiger partial charge is 0.309 e. The van der Waals surface area contributed by atoms with Gasteiger partial charge >= 0.3 is 0 Å². The Balaban J connectivity index is 1.95. The first-order valence-corrected chi connectivity index (χ1v) is 8.89. The lowest BCUT2D eigenvalue weighted by atomic mass is 9.92. The molecule has 1 aliphatic rings. The third-order valence-electron chi connectivity index (χ3n) is 4.04. The van der Waals surface area contributed by atoms with Gasteiger partial charge in [-0.05, 0) is 43.5 Å². The lowest BCUT2D eigenvalue weighted by molar-refractivity contribution is 0.438. The Morgan fingerprint density at radius 3 is 3.05 bits per heavy atom. The monoisotopic (exact) mass is 340 g/mol. The van der Waals surface area contributed by atoms with Crippen LogP contribution in [0, 0.1) is 0 Å². The fraction of sp³-hybridized carbons (Fsp3) is 0.438. The molecule has 0 radical (unpaired) electrons. The number of aromatic nitrogens is 1. The van der Waals surface area contributed by atoms with Crippen LogP contribution in [0.4, 0.5) is 0 Å². The van der Waals surface area contributed by atoms with Crippen molar-refractivity contribution >= 4 is 34.5 Å². The molecule has 0 saturated heterocycles. The van der Waals surface area contributed by atoms with Crippen molar-refractivity contribution in [3.63, 3.8) is 0 Å². The zero-order chi connectivity index (χ0) is 14.8. The number of nitrogens with zero attached hydrogens (tertiary/aromatic N) is 1. The Labute approximate surface area is 139 Å². The van der Waals surface area contributed by atoms with Crippen molar-refractivity contribution in [2.24, 2.45) is 0 Å². The predicted molar refractivity (Wildman–Crippen MR) is 90.7 cm³/mol. The summed E-state index contributed by atoms with van der Waals surface area (Å²) >= 11 is 14.0. The summed E-state index contributed by atoms with van der Waals surface area (Å²) in [6.07, 6.45) is 5.18. The number of pyridine rings is 1. The Kier molecular flexibility index (Phi) is 4.85. The smallest absolute Gasteiger partial charge is 0.0992 e. The van der Waals surface area contributed by atoms with E-state index in [0.29, 0.717) is 5.92 Å². The third kappa shape index (κ3) is 3.11. The maximum atomic E-state index is 6.40. The Morgan fingerprint density at radius 2 is 2.33 bits per heavy atom. The second kappa shape index (κ2) is 6.66. The van der Waals surface area contributed by atoms with Crippen molar-refractivity contribution in [3.8, 4) is 0 Å². The van der Waals surface area contributed by atoms with Gasteiger partial charge in [0.15, 0.2) is 0 Å². The van der Waals surface area contributed by atoms with E-state index in [1.54, 1.807) is 0 Å². The van der Waals surface area contributed by atoms with E-state index >= 15 is 0 Å². The third-order valence-corrected chi connectivity index (χ3v) is 5.55. The number of nitrogens with one attached hydrogen (secondary N) is 1. The van der Waals surface area contributed by atoms with Crippen molar-refractivity contribution in [1.29, 1.82) is 0 Å². The molecule has 2 aromatic heterocycles. The number of fused-ring (bicyclic) bond motifs is 1. The normalized spacial score (nSPS) is 18.7. The highest BCUT2D eigenvalue weighted by Gasteiger charge is 2.33. The molecule has 5 heteroatoms. The lowest BCUT2D eigenvalue weighted by Crippen LogP contribution is -2.27. The van der Waals surface area contributed by atoms with Crippen LogP contribution >= 0.6 is 34.5 Å². The van der Waals surface area contributed by atoms with Gasteiger partial charge in [0, 0.05) is 29.4 Å². The van der Waals surface area contributed by atoms with Gasteiger partial charge in [-0.2, -0.15) is 0 Å². The molecule has 0 aromatic carbocycles. The highest BCUT2D eigenvalue weighted by atomic mass is 35.5. The molecule has 2 atom stereocenters. The average molecular weight is 341 g/mol. The van der Waals surface area contributed by atoms with Gasteiger partial charge in [0.25, 0.3) is 0 Å². The van der Waals surface area contributed by atoms with Gasteiger partial charge in [-0.25, -0.2) is 0 Å². The lowest BCUT2D eigenvalue weighted by Gasteiger charge is -2.25. The van der Waals surface area contributed by atoms with Crippen molar-refractivity contribution in [1.82, 2.24) is 10.3 Å². The summed E-state index contributed by atoms with van der Waals surface area (Å²) in [5, 5.41) is 3.65. The summed E-state index contributed by atoms with van der Waals surface area (Å²) in [5.41, 5.74) is 3.69. The summed E-state index contributed by atoms with van der Waals surface area (Å²) in [6, 6.07) is 6.39. The molecule has 2 unspecified atom stereocenters. The molecule has 2 aromatic rings. The SMILES string of the molecule is CCCNC(c1cc(Cl)sc1Cl)C1CCc2cccnc21. The molecule has 21 heavy (non-hydrogen) atoms. The number of rotatable bonds is 5. The van der Waals surface area contributed by atoms with Gasteiger partial charge in [-0.1, -0.05) is 36.2 Å². The molecule has 0 aliphatic heterocycles. The van der Waals surface area contributed by atoms with Gasteiger partial charge in [0.2, 0.25) is 0 Å². The quantitative estimate of drug-likeness (QED) is 0.806. The van der Waals surface area contributed by atoms with Crippen LogP contribution in [-0.2, 0) is 6.42 Å². The van der Waals surface area contributed by atoms with Crippen LogP contribution in [0.5, 0.6) is 0 Å². The Morgan fingerprint density at radius 1 is 1.48 bits per heavy atom. The van der Waals surface area contributed by atoms with Gasteiger partial charge < -0.3 is 5.32 Å². The van der Waals surface area contributed by atoms with Gasteiger partial charge in [0.05, 0.1) is 8.67 Å². The maximum absolute atomic E-state index is 6.40. The number of thiophene rings is 1. The van der Waals surface area contributed by atoms with Crippen LogP contribution in [0.15, 0.2) is 24.4 Å². The second-order valence-electron chi connectivity index (χ2n) is 5.40. The highest BCUT2D eigenvalue weighted by molar-refractivity contribution is 7.20. The van der Waals surface area contributed by atoms with E-state index in [0.717, 1.165) is 40.0 Å². The Bertz CT molecular complexity index is 626. The standard InChI is InChI=1S/C16H18Cl2N2S/c1-2-7-19-15(12-9-13(17)21-16(12)18)11-6-5-10-4-3-8-20-14(10)11/h3-4,8-9,11,15,19H,2,5-7H2,1H3. The molecule has 1 N–H and O–H groups in total. The molecule has 0 saturated carbocycles. The zero-order valence-electron chi connectivity index (χ0n) is 11.9. The first-order chi connectivity index (χ1) is 10.2. The summed E-state index contributed by atoms with van der Waals surface area (Å²) in [7, 11) is 0. The highest BCUT2D eigenvalue weighted by Crippen LogP contribution is 2.45. The number of hydrogen-bond acceptors (Lipinski definition) is 3. The first-order valence-electron chi connectivity index (χ1n) is 7.32. The number of hydrogen-bond donors (Lipinski definition) is 1. The molecule has 1 aliphatic carbocycles. The minimum atomic E-state index is 0.192. The summed E-state index contributed by atoms with van der Waals surface area (Å²) in [6.45, 7) is 3.14. The molecular formula is C16H18Cl2N2S. The summed E-state index contributed by atoms with van der Waals surface area (Å²) in [4.78, 5) is 4.62. The van der Waals surface area contributed by atoms with E-state index < -0.39 is 0 Å². The molecule has 3 rings (SSSR count). The molecule has 0 spiro atoms. The summed E-state index contributed by atoms with van der Waals surface area (Å²) < 4.78 is 1.54. The van der Waals surface area contributed by atoms with Crippen LogP contribution in [0.25, 0.3) is 0 Å². The van der Waals surface area contributed by atoms with E-state index in [-0.39, 0.29) is 6.04 Å². The topological polar surface area (TPSA) is 24.9 Å². The number of aryl methyl sites for hydroxylation is 1. The van der Waals surface area contributed by atoms with E-state index in [2.05, 4.69) is 23.3 Å². The first kappa shape index (κ1) is 15.3. The van der Waals surface area contributed by atoms with Crippen LogP contribution < -0.4 is 5.32 Å². The van der Waals surface area contributed by atoms with Crippen molar-refractivity contribution < 1.29 is 0 Å². The fourth-order valence-corrected chi connectivity index (χ4v) is 4.65. The minimum Gasteiger partial charge on any atom is -0.309 e. The fourth-order valence-electron chi connectivity index (χ4n) is 3.10. The van der Waals surface area contributed by atoms with E-state index in [1.807, 2.05) is 18.3 Å². The second-order valence-corrected chi connectivity index (χ2v) is 7.69. The van der Waals surface area contributed by atoms with Crippen LogP contribution in [-0.4, -0.2) is 11.5 Å². The van der Waals surface area contributed by atoms with Gasteiger partial charge in [-0.15, -0.1) is 11.3 Å². The predicted octanol–water partition coefficient (Wildman–Crippen LogP) is 5.22. The molecule has 0 fully saturated rings. The van der Waals surface area contributed by atoms with Crippen molar-refractivity contribution in [2.75, 3.05) is 6.54 Å². The Hall–Kier alpha value is -0.610.